The molecule has 17 heavy (non-hydrogen) atoms. The predicted octanol–water partition coefficient (Wildman–Crippen LogP) is 0.734. The molecule has 1 aromatic rings. The van der Waals surface area contributed by atoms with E-state index in [1.807, 2.05) is 11.7 Å². The van der Waals surface area contributed by atoms with Gasteiger partial charge in [-0.05, 0) is 12.5 Å². The van der Waals surface area contributed by atoms with Crippen LogP contribution in [0.4, 0.5) is 0 Å². The normalized spacial score (nSPS) is 12.9. The van der Waals surface area contributed by atoms with E-state index in [4.69, 9.17) is 9.47 Å². The smallest absolute Gasteiger partial charge is 0.0928 e. The summed E-state index contributed by atoms with van der Waals surface area (Å²) < 4.78 is 12.3. The fourth-order valence-electron chi connectivity index (χ4n) is 1.67. The number of hydrogen-bond acceptors (Lipinski definition) is 4. The third-order valence-electron chi connectivity index (χ3n) is 2.75. The zero-order chi connectivity index (χ0) is 12.7. The number of nitrogens with zero attached hydrogens (tertiary/aromatic N) is 2. The van der Waals surface area contributed by atoms with Crippen LogP contribution in [0.3, 0.4) is 0 Å². The van der Waals surface area contributed by atoms with Crippen LogP contribution in [-0.2, 0) is 29.5 Å². The van der Waals surface area contributed by atoms with Gasteiger partial charge in [-0.1, -0.05) is 6.92 Å². The summed E-state index contributed by atoms with van der Waals surface area (Å²) in [5, 5.41) is 7.75. The minimum absolute atomic E-state index is 0.0962. The van der Waals surface area contributed by atoms with Gasteiger partial charge in [0.05, 0.1) is 24.1 Å². The van der Waals surface area contributed by atoms with Crippen LogP contribution in [0.25, 0.3) is 0 Å². The summed E-state index contributed by atoms with van der Waals surface area (Å²) in [6.45, 7) is 4.29. The van der Waals surface area contributed by atoms with Gasteiger partial charge in [-0.2, -0.15) is 5.10 Å². The lowest BCUT2D eigenvalue weighted by Crippen LogP contribution is -2.31. The largest absolute Gasteiger partial charge is 0.382 e. The first-order valence-corrected chi connectivity index (χ1v) is 5.95. The van der Waals surface area contributed by atoms with Crippen LogP contribution in [-0.4, -0.2) is 43.3 Å². The van der Waals surface area contributed by atoms with Crippen molar-refractivity contribution in [2.75, 3.05) is 27.4 Å². The van der Waals surface area contributed by atoms with Gasteiger partial charge in [0.1, 0.15) is 0 Å². The van der Waals surface area contributed by atoms with Crippen molar-refractivity contribution < 1.29 is 9.47 Å². The zero-order valence-electron chi connectivity index (χ0n) is 11.2. The number of hydrogen-bond donors (Lipinski definition) is 1. The van der Waals surface area contributed by atoms with E-state index in [0.717, 1.165) is 25.2 Å². The second-order valence-corrected chi connectivity index (χ2v) is 4.05. The van der Waals surface area contributed by atoms with Crippen LogP contribution in [0.5, 0.6) is 0 Å². The quantitative estimate of drug-likeness (QED) is 0.729. The average Bonchev–Trinajstić information content (AvgIpc) is 2.69. The molecule has 98 valence electrons. The molecule has 0 saturated carbocycles. The molecule has 1 aromatic heterocycles. The molecule has 1 heterocycles. The van der Waals surface area contributed by atoms with Crippen molar-refractivity contribution in [2.45, 2.75) is 26.0 Å². The Bertz CT molecular complexity index is 326. The maximum Gasteiger partial charge on any atom is 0.0928 e. The summed E-state index contributed by atoms with van der Waals surface area (Å²) >= 11 is 0. The highest BCUT2D eigenvalue weighted by atomic mass is 16.5. The van der Waals surface area contributed by atoms with E-state index in [-0.39, 0.29) is 6.10 Å². The molecule has 0 fully saturated rings. The molecule has 5 nitrogen and oxygen atoms in total. The van der Waals surface area contributed by atoms with Gasteiger partial charge in [0.2, 0.25) is 0 Å². The Labute approximate surface area is 103 Å². The lowest BCUT2D eigenvalue weighted by molar-refractivity contribution is 0.0287. The van der Waals surface area contributed by atoms with E-state index in [1.165, 1.54) is 5.69 Å². The van der Waals surface area contributed by atoms with Crippen molar-refractivity contribution in [1.29, 1.82) is 0 Å². The van der Waals surface area contributed by atoms with Crippen LogP contribution in [0.2, 0.25) is 0 Å². The Morgan fingerprint density at radius 1 is 1.47 bits per heavy atom. The Hall–Kier alpha value is -0.910. The van der Waals surface area contributed by atoms with E-state index >= 15 is 0 Å². The van der Waals surface area contributed by atoms with Crippen molar-refractivity contribution in [2.24, 2.45) is 7.05 Å². The van der Waals surface area contributed by atoms with Gasteiger partial charge in [-0.25, -0.2) is 0 Å². The van der Waals surface area contributed by atoms with Gasteiger partial charge in [-0.15, -0.1) is 0 Å². The molecule has 0 spiro atoms. The van der Waals surface area contributed by atoms with Crippen molar-refractivity contribution in [3.8, 4) is 0 Å². The fourth-order valence-corrected chi connectivity index (χ4v) is 1.67. The molecular weight excluding hydrogens is 218 g/mol. The maximum absolute atomic E-state index is 5.28. The Morgan fingerprint density at radius 2 is 2.24 bits per heavy atom. The van der Waals surface area contributed by atoms with Crippen molar-refractivity contribution in [3.05, 3.63) is 17.5 Å². The predicted molar refractivity (Wildman–Crippen MR) is 67.0 cm³/mol. The van der Waals surface area contributed by atoms with Crippen molar-refractivity contribution >= 4 is 0 Å². The third kappa shape index (κ3) is 4.46. The Morgan fingerprint density at radius 3 is 2.76 bits per heavy atom. The molecule has 1 rings (SSSR count). The molecule has 0 aliphatic rings. The minimum Gasteiger partial charge on any atom is -0.382 e. The average molecular weight is 241 g/mol. The summed E-state index contributed by atoms with van der Waals surface area (Å²) in [7, 11) is 5.35. The monoisotopic (exact) mass is 241 g/mol. The van der Waals surface area contributed by atoms with Crippen LogP contribution in [0.1, 0.15) is 18.3 Å². The third-order valence-corrected chi connectivity index (χ3v) is 2.75. The van der Waals surface area contributed by atoms with E-state index in [1.54, 1.807) is 14.2 Å². The Balaban J connectivity index is 2.36. The maximum atomic E-state index is 5.28. The number of methoxy groups -OCH3 is 2. The van der Waals surface area contributed by atoms with E-state index < -0.39 is 0 Å². The topological polar surface area (TPSA) is 48.3 Å². The molecule has 0 amide bonds. The lowest BCUT2D eigenvalue weighted by Gasteiger charge is -2.14. The molecule has 1 N–H and O–H groups in total. The first-order chi connectivity index (χ1) is 8.21. The molecule has 1 unspecified atom stereocenters. The summed E-state index contributed by atoms with van der Waals surface area (Å²) in [4.78, 5) is 0. The van der Waals surface area contributed by atoms with E-state index in [2.05, 4.69) is 23.4 Å². The zero-order valence-corrected chi connectivity index (χ0v) is 11.2. The van der Waals surface area contributed by atoms with Gasteiger partial charge in [-0.3, -0.25) is 4.68 Å². The first-order valence-electron chi connectivity index (χ1n) is 5.95. The first kappa shape index (κ1) is 14.2. The summed E-state index contributed by atoms with van der Waals surface area (Å²) in [5.74, 6) is 0. The van der Waals surface area contributed by atoms with Gasteiger partial charge < -0.3 is 14.8 Å². The molecule has 1 atom stereocenters. The van der Waals surface area contributed by atoms with Gasteiger partial charge in [0.15, 0.2) is 0 Å². The standard InChI is InChI=1S/C12H23N3O2/c1-5-10-6-11(15(2)14-10)7-13-8-12(17-4)9-16-3/h6,12-13H,5,7-9H2,1-4H3. The van der Waals surface area contributed by atoms with Crippen molar-refractivity contribution in [3.63, 3.8) is 0 Å². The van der Waals surface area contributed by atoms with E-state index in [0.29, 0.717) is 6.61 Å². The highest BCUT2D eigenvalue weighted by Crippen LogP contribution is 2.03. The lowest BCUT2D eigenvalue weighted by atomic mass is 10.3. The highest BCUT2D eigenvalue weighted by molar-refractivity contribution is 5.09. The number of aromatic nitrogens is 2. The van der Waals surface area contributed by atoms with Crippen LogP contribution < -0.4 is 5.32 Å². The van der Waals surface area contributed by atoms with E-state index in [9.17, 15) is 0 Å². The molecule has 0 radical (unpaired) electrons. The molecular formula is C12H23N3O2. The molecule has 0 aliphatic carbocycles. The second kappa shape index (κ2) is 7.42. The number of aryl methyl sites for hydroxylation is 2. The summed E-state index contributed by atoms with van der Waals surface area (Å²) in [6.07, 6.45) is 1.07. The van der Waals surface area contributed by atoms with Crippen LogP contribution >= 0.6 is 0 Å². The number of rotatable bonds is 8. The minimum atomic E-state index is 0.0962. The summed E-state index contributed by atoms with van der Waals surface area (Å²) in [6, 6.07) is 2.13. The Kier molecular flexibility index (Phi) is 6.18. The van der Waals surface area contributed by atoms with Crippen LogP contribution in [0.15, 0.2) is 6.07 Å². The molecule has 0 aromatic carbocycles. The van der Waals surface area contributed by atoms with Gasteiger partial charge in [0.25, 0.3) is 0 Å². The number of nitrogens with one attached hydrogen (secondary N) is 1. The molecule has 0 aliphatic heterocycles. The number of ether oxygens (including phenoxy) is 2. The fraction of sp³-hybridized carbons (Fsp3) is 0.750. The highest BCUT2D eigenvalue weighted by Gasteiger charge is 2.07. The van der Waals surface area contributed by atoms with Crippen molar-refractivity contribution in [1.82, 2.24) is 15.1 Å². The molecule has 5 heteroatoms. The molecule has 0 bridgehead atoms. The second-order valence-electron chi connectivity index (χ2n) is 4.05. The van der Waals surface area contributed by atoms with Crippen LogP contribution in [0, 0.1) is 0 Å². The summed E-state index contributed by atoms with van der Waals surface area (Å²) in [5.41, 5.74) is 2.32. The SMILES string of the molecule is CCc1cc(CNCC(COC)OC)n(C)n1. The van der Waals surface area contributed by atoms with Gasteiger partial charge in [0, 0.05) is 34.4 Å². The van der Waals surface area contributed by atoms with Gasteiger partial charge >= 0.3 is 0 Å². The molecule has 0 saturated heterocycles.